The first-order chi connectivity index (χ1) is 15.0. The highest BCUT2D eigenvalue weighted by atomic mass is 16.5. The highest BCUT2D eigenvalue weighted by Crippen LogP contribution is 2.23. The molecule has 0 saturated carbocycles. The van der Waals surface area contributed by atoms with Crippen LogP contribution in [0, 0.1) is 0 Å². The summed E-state index contributed by atoms with van der Waals surface area (Å²) >= 11 is 0. The topological polar surface area (TPSA) is 92.4 Å². The van der Waals surface area contributed by atoms with Crippen LogP contribution in [-0.4, -0.2) is 53.6 Å². The molecule has 0 radical (unpaired) electrons. The van der Waals surface area contributed by atoms with E-state index in [1.54, 1.807) is 13.8 Å². The molecule has 1 aromatic heterocycles. The molecule has 3 aromatic rings. The van der Waals surface area contributed by atoms with Crippen LogP contribution >= 0.6 is 0 Å². The van der Waals surface area contributed by atoms with Crippen LogP contribution in [0.4, 0.5) is 11.5 Å². The maximum absolute atomic E-state index is 9.97. The Bertz CT molecular complexity index is 1060. The summed E-state index contributed by atoms with van der Waals surface area (Å²) in [6.45, 7) is 6.56. The van der Waals surface area contributed by atoms with Crippen LogP contribution in [0.5, 0.6) is 6.01 Å². The van der Waals surface area contributed by atoms with E-state index in [4.69, 9.17) is 9.47 Å². The average Bonchev–Trinajstić information content (AvgIpc) is 2.78. The molecule has 0 bridgehead atoms. The number of fused-ring (bicyclic) bond motifs is 1. The first kappa shape index (κ1) is 21.1. The zero-order chi connectivity index (χ0) is 21.7. The Hall–Kier alpha value is -3.10. The van der Waals surface area contributed by atoms with Crippen LogP contribution in [0.25, 0.3) is 10.8 Å². The monoisotopic (exact) mass is 421 g/mol. The van der Waals surface area contributed by atoms with Crippen molar-refractivity contribution < 1.29 is 14.6 Å². The lowest BCUT2D eigenvalue weighted by molar-refractivity contribution is 0.0249. The lowest BCUT2D eigenvalue weighted by Crippen LogP contribution is -2.37. The molecule has 4 rings (SSSR count). The van der Waals surface area contributed by atoms with Gasteiger partial charge in [-0.05, 0) is 36.8 Å². The predicted molar refractivity (Wildman–Crippen MR) is 119 cm³/mol. The Morgan fingerprint density at radius 3 is 2.61 bits per heavy atom. The van der Waals surface area contributed by atoms with Crippen molar-refractivity contribution in [3.8, 4) is 6.01 Å². The van der Waals surface area contributed by atoms with Crippen molar-refractivity contribution in [2.75, 3.05) is 37.8 Å². The van der Waals surface area contributed by atoms with Gasteiger partial charge in [0.05, 0.1) is 30.2 Å². The highest BCUT2D eigenvalue weighted by molar-refractivity contribution is 5.84. The van der Waals surface area contributed by atoms with Crippen LogP contribution in [0.3, 0.4) is 0 Å². The zero-order valence-corrected chi connectivity index (χ0v) is 17.9. The van der Waals surface area contributed by atoms with E-state index in [0.29, 0.717) is 25.5 Å². The van der Waals surface area contributed by atoms with Crippen LogP contribution in [0.1, 0.15) is 19.5 Å². The molecule has 8 heteroatoms. The molecule has 0 spiro atoms. The number of azo groups is 1. The zero-order valence-electron chi connectivity index (χ0n) is 17.9. The number of ether oxygens (including phenoxy) is 2. The molecule has 2 aromatic carbocycles. The summed E-state index contributed by atoms with van der Waals surface area (Å²) in [6, 6.07) is 16.3. The van der Waals surface area contributed by atoms with Crippen molar-refractivity contribution in [1.29, 1.82) is 0 Å². The smallest absolute Gasteiger partial charge is 0.318 e. The summed E-state index contributed by atoms with van der Waals surface area (Å²) in [7, 11) is 0. The molecule has 0 atom stereocenters. The van der Waals surface area contributed by atoms with Crippen molar-refractivity contribution in [3.63, 3.8) is 0 Å². The van der Waals surface area contributed by atoms with Crippen LogP contribution in [0.15, 0.2) is 58.8 Å². The molecule has 8 nitrogen and oxygen atoms in total. The molecule has 2 heterocycles. The van der Waals surface area contributed by atoms with Crippen molar-refractivity contribution in [1.82, 2.24) is 9.97 Å². The number of aromatic nitrogens is 2. The Kier molecular flexibility index (Phi) is 6.39. The van der Waals surface area contributed by atoms with Crippen molar-refractivity contribution >= 4 is 22.3 Å². The molecule has 1 fully saturated rings. The van der Waals surface area contributed by atoms with E-state index in [1.165, 1.54) is 5.39 Å². The molecule has 1 aliphatic heterocycles. The number of rotatable bonds is 7. The molecule has 1 N–H and O–H groups in total. The summed E-state index contributed by atoms with van der Waals surface area (Å²) in [4.78, 5) is 11.1. The minimum atomic E-state index is -0.978. The molecule has 0 aliphatic carbocycles. The lowest BCUT2D eigenvalue weighted by Gasteiger charge is -2.28. The number of benzene rings is 2. The summed E-state index contributed by atoms with van der Waals surface area (Å²) in [5, 5.41) is 21.0. The number of anilines is 1. The van der Waals surface area contributed by atoms with Gasteiger partial charge in [0, 0.05) is 19.2 Å². The fraction of sp³-hybridized carbons (Fsp3) is 0.391. The highest BCUT2D eigenvalue weighted by Gasteiger charge is 2.18. The largest absolute Gasteiger partial charge is 0.460 e. The normalized spacial score (nSPS) is 15.0. The third-order valence-corrected chi connectivity index (χ3v) is 4.79. The first-order valence-electron chi connectivity index (χ1n) is 10.4. The second-order valence-electron chi connectivity index (χ2n) is 8.13. The Morgan fingerprint density at radius 2 is 1.84 bits per heavy atom. The van der Waals surface area contributed by atoms with E-state index < -0.39 is 5.60 Å². The van der Waals surface area contributed by atoms with Gasteiger partial charge in [0.2, 0.25) is 0 Å². The summed E-state index contributed by atoms with van der Waals surface area (Å²) in [6.07, 6.45) is 0. The fourth-order valence-electron chi connectivity index (χ4n) is 3.23. The van der Waals surface area contributed by atoms with Crippen molar-refractivity contribution in [3.05, 3.63) is 54.2 Å². The quantitative estimate of drug-likeness (QED) is 0.582. The Labute approximate surface area is 181 Å². The van der Waals surface area contributed by atoms with E-state index in [9.17, 15) is 5.11 Å². The maximum Gasteiger partial charge on any atom is 0.318 e. The minimum Gasteiger partial charge on any atom is -0.460 e. The van der Waals surface area contributed by atoms with Gasteiger partial charge in [0.25, 0.3) is 0 Å². The van der Waals surface area contributed by atoms with Gasteiger partial charge in [-0.1, -0.05) is 30.3 Å². The van der Waals surface area contributed by atoms with Crippen molar-refractivity contribution in [2.45, 2.75) is 26.0 Å². The predicted octanol–water partition coefficient (Wildman–Crippen LogP) is 3.90. The number of nitrogens with zero attached hydrogens (tertiary/aromatic N) is 5. The number of hydrogen-bond donors (Lipinski definition) is 1. The SMILES string of the molecule is CC(C)(O)COc1nc(CN=Nc2ccc3ccccc3c2)cc(N2CCOCC2)n1. The Morgan fingerprint density at radius 1 is 1.06 bits per heavy atom. The fourth-order valence-corrected chi connectivity index (χ4v) is 3.23. The van der Waals surface area contributed by atoms with Gasteiger partial charge in [-0.15, -0.1) is 0 Å². The van der Waals surface area contributed by atoms with Crippen molar-refractivity contribution in [2.24, 2.45) is 10.2 Å². The van der Waals surface area contributed by atoms with Gasteiger partial charge in [0.15, 0.2) is 0 Å². The van der Waals surface area contributed by atoms with E-state index in [2.05, 4.69) is 37.2 Å². The second-order valence-corrected chi connectivity index (χ2v) is 8.13. The average molecular weight is 422 g/mol. The van der Waals surface area contributed by atoms with Gasteiger partial charge in [0.1, 0.15) is 19.0 Å². The van der Waals surface area contributed by atoms with E-state index in [0.717, 1.165) is 30.0 Å². The van der Waals surface area contributed by atoms with Gasteiger partial charge >= 0.3 is 6.01 Å². The Balaban J connectivity index is 1.52. The molecule has 0 unspecified atom stereocenters. The summed E-state index contributed by atoms with van der Waals surface area (Å²) < 4.78 is 11.1. The van der Waals surface area contributed by atoms with Gasteiger partial charge in [-0.3, -0.25) is 0 Å². The van der Waals surface area contributed by atoms with E-state index >= 15 is 0 Å². The van der Waals surface area contributed by atoms with E-state index in [-0.39, 0.29) is 12.6 Å². The molecular weight excluding hydrogens is 394 g/mol. The molecule has 31 heavy (non-hydrogen) atoms. The van der Waals surface area contributed by atoms with Gasteiger partial charge in [-0.2, -0.15) is 20.2 Å². The van der Waals surface area contributed by atoms with Crippen LogP contribution in [0.2, 0.25) is 0 Å². The molecule has 1 saturated heterocycles. The number of hydrogen-bond acceptors (Lipinski definition) is 8. The summed E-state index contributed by atoms with van der Waals surface area (Å²) in [5.41, 5.74) is 0.514. The number of morpholine rings is 1. The third-order valence-electron chi connectivity index (χ3n) is 4.79. The first-order valence-corrected chi connectivity index (χ1v) is 10.4. The van der Waals surface area contributed by atoms with E-state index in [1.807, 2.05) is 36.4 Å². The van der Waals surface area contributed by atoms with Crippen LogP contribution in [-0.2, 0) is 11.3 Å². The summed E-state index contributed by atoms with van der Waals surface area (Å²) in [5.74, 6) is 0.764. The molecule has 162 valence electrons. The number of aliphatic hydroxyl groups is 1. The van der Waals surface area contributed by atoms with Gasteiger partial charge < -0.3 is 19.5 Å². The molecular formula is C23H27N5O3. The standard InChI is InChI=1S/C23H27N5O3/c1-23(2,29)16-31-22-25-20(14-21(26-22)28-9-11-30-12-10-28)15-24-27-19-8-7-17-5-3-4-6-18(17)13-19/h3-8,13-14,29H,9-12,15-16H2,1-2H3. The maximum atomic E-state index is 9.97. The lowest BCUT2D eigenvalue weighted by atomic mass is 10.1. The third kappa shape index (κ3) is 5.96. The molecule has 1 aliphatic rings. The van der Waals surface area contributed by atoms with Crippen LogP contribution < -0.4 is 9.64 Å². The van der Waals surface area contributed by atoms with Gasteiger partial charge in [-0.25, -0.2) is 0 Å². The molecule has 0 amide bonds. The second kappa shape index (κ2) is 9.36. The minimum absolute atomic E-state index is 0.0949.